The maximum absolute atomic E-state index is 13.0. The third-order valence-corrected chi connectivity index (χ3v) is 4.97. The first-order valence-corrected chi connectivity index (χ1v) is 9.36. The van der Waals surface area contributed by atoms with Crippen LogP contribution >= 0.6 is 0 Å². The molecular formula is C19H29N3O4. The van der Waals surface area contributed by atoms with E-state index < -0.39 is 0 Å². The van der Waals surface area contributed by atoms with E-state index in [0.717, 1.165) is 57.1 Å². The van der Waals surface area contributed by atoms with E-state index in [1.54, 1.807) is 7.11 Å². The van der Waals surface area contributed by atoms with Gasteiger partial charge in [0.05, 0.1) is 20.3 Å². The molecule has 0 atom stereocenters. The topological polar surface area (TPSA) is 63.3 Å². The summed E-state index contributed by atoms with van der Waals surface area (Å²) in [5.74, 6) is 0.730. The van der Waals surface area contributed by atoms with Gasteiger partial charge in [0.1, 0.15) is 5.75 Å². The molecule has 0 unspecified atom stereocenters. The Morgan fingerprint density at radius 1 is 1.23 bits per heavy atom. The van der Waals surface area contributed by atoms with Gasteiger partial charge in [-0.3, -0.25) is 4.90 Å². The molecule has 0 bridgehead atoms. The fourth-order valence-electron chi connectivity index (χ4n) is 3.42. The van der Waals surface area contributed by atoms with Gasteiger partial charge in [0, 0.05) is 57.2 Å². The first kappa shape index (κ1) is 18.9. The second-order valence-electron chi connectivity index (χ2n) is 6.65. The first-order valence-electron chi connectivity index (χ1n) is 9.36. The van der Waals surface area contributed by atoms with Crippen molar-refractivity contribution in [2.75, 3.05) is 65.0 Å². The van der Waals surface area contributed by atoms with Gasteiger partial charge in [0.25, 0.3) is 0 Å². The highest BCUT2D eigenvalue weighted by atomic mass is 16.5. The van der Waals surface area contributed by atoms with Crippen molar-refractivity contribution in [1.29, 1.82) is 0 Å². The van der Waals surface area contributed by atoms with Crippen LogP contribution in [-0.4, -0.2) is 81.6 Å². The number of rotatable bonds is 6. The van der Waals surface area contributed by atoms with Gasteiger partial charge in [-0.05, 0) is 25.0 Å². The monoisotopic (exact) mass is 363 g/mol. The zero-order chi connectivity index (χ0) is 18.2. The molecule has 2 saturated heterocycles. The highest BCUT2D eigenvalue weighted by Gasteiger charge is 2.26. The fraction of sp³-hybridized carbons (Fsp3) is 0.632. The second kappa shape index (κ2) is 9.75. The van der Waals surface area contributed by atoms with E-state index in [2.05, 4.69) is 10.2 Å². The van der Waals surface area contributed by atoms with Gasteiger partial charge in [-0.2, -0.15) is 0 Å². The zero-order valence-corrected chi connectivity index (χ0v) is 15.5. The van der Waals surface area contributed by atoms with E-state index in [1.165, 1.54) is 0 Å². The van der Waals surface area contributed by atoms with Gasteiger partial charge in [-0.15, -0.1) is 0 Å². The van der Waals surface area contributed by atoms with Gasteiger partial charge in [-0.1, -0.05) is 6.07 Å². The molecule has 7 heteroatoms. The fourth-order valence-corrected chi connectivity index (χ4v) is 3.42. The van der Waals surface area contributed by atoms with E-state index in [1.807, 2.05) is 29.2 Å². The van der Waals surface area contributed by atoms with Gasteiger partial charge >= 0.3 is 6.03 Å². The minimum absolute atomic E-state index is 0.0570. The quantitative estimate of drug-likeness (QED) is 0.838. The molecule has 2 aliphatic rings. The highest BCUT2D eigenvalue weighted by molar-refractivity contribution is 5.89. The standard InChI is InChI=1S/C19H29N3O4/c1-24-18-4-2-3-16(15-18)20-19(23)22(17-5-11-25-12-6-17)8-7-21-9-13-26-14-10-21/h2-4,15,17H,5-14H2,1H3,(H,20,23). The number of nitrogens with zero attached hydrogens (tertiary/aromatic N) is 2. The Morgan fingerprint density at radius 3 is 2.69 bits per heavy atom. The average Bonchev–Trinajstić information content (AvgIpc) is 2.70. The molecule has 0 aliphatic carbocycles. The van der Waals surface area contributed by atoms with E-state index in [0.29, 0.717) is 19.8 Å². The zero-order valence-electron chi connectivity index (χ0n) is 15.5. The molecule has 2 heterocycles. The third kappa shape index (κ3) is 5.33. The molecule has 2 fully saturated rings. The molecule has 1 aromatic rings. The van der Waals surface area contributed by atoms with Crippen molar-refractivity contribution in [2.24, 2.45) is 0 Å². The Kier molecular flexibility index (Phi) is 7.11. The minimum Gasteiger partial charge on any atom is -0.497 e. The van der Waals surface area contributed by atoms with Crippen LogP contribution in [0.2, 0.25) is 0 Å². The Balaban J connectivity index is 1.63. The number of methoxy groups -OCH3 is 1. The lowest BCUT2D eigenvalue weighted by molar-refractivity contribution is 0.0238. The number of carbonyl (C=O) groups is 1. The van der Waals surface area contributed by atoms with Crippen LogP contribution in [0.5, 0.6) is 5.75 Å². The SMILES string of the molecule is COc1cccc(NC(=O)N(CCN2CCOCC2)C2CCOCC2)c1. The van der Waals surface area contributed by atoms with Crippen molar-refractivity contribution in [1.82, 2.24) is 9.80 Å². The van der Waals surface area contributed by atoms with Gasteiger partial charge in [-0.25, -0.2) is 4.79 Å². The molecule has 0 saturated carbocycles. The predicted octanol–water partition coefficient (Wildman–Crippen LogP) is 2.04. The maximum atomic E-state index is 13.0. The largest absolute Gasteiger partial charge is 0.497 e. The van der Waals surface area contributed by atoms with Gasteiger partial charge in [0.2, 0.25) is 0 Å². The van der Waals surface area contributed by atoms with E-state index in [-0.39, 0.29) is 12.1 Å². The van der Waals surface area contributed by atoms with E-state index in [4.69, 9.17) is 14.2 Å². The second-order valence-corrected chi connectivity index (χ2v) is 6.65. The van der Waals surface area contributed by atoms with Crippen molar-refractivity contribution in [3.05, 3.63) is 24.3 Å². The molecule has 1 N–H and O–H groups in total. The summed E-state index contributed by atoms with van der Waals surface area (Å²) in [6.45, 7) is 6.40. The maximum Gasteiger partial charge on any atom is 0.322 e. The number of morpholine rings is 1. The lowest BCUT2D eigenvalue weighted by Crippen LogP contribution is -2.49. The Labute approximate surface area is 155 Å². The molecule has 2 aliphatic heterocycles. The van der Waals surface area contributed by atoms with Crippen molar-refractivity contribution < 1.29 is 19.0 Å². The number of amides is 2. The van der Waals surface area contributed by atoms with Crippen LogP contribution in [0.25, 0.3) is 0 Å². The summed E-state index contributed by atoms with van der Waals surface area (Å²) in [6.07, 6.45) is 1.77. The molecule has 7 nitrogen and oxygen atoms in total. The van der Waals surface area contributed by atoms with Gasteiger partial charge in [0.15, 0.2) is 0 Å². The third-order valence-electron chi connectivity index (χ3n) is 4.97. The molecule has 26 heavy (non-hydrogen) atoms. The van der Waals surface area contributed by atoms with Crippen LogP contribution in [0.4, 0.5) is 10.5 Å². The average molecular weight is 363 g/mol. The predicted molar refractivity (Wildman–Crippen MR) is 99.8 cm³/mol. The Bertz CT molecular complexity index is 572. The molecule has 0 radical (unpaired) electrons. The van der Waals surface area contributed by atoms with Crippen LogP contribution in [0, 0.1) is 0 Å². The number of ether oxygens (including phenoxy) is 3. The molecule has 2 amide bonds. The van der Waals surface area contributed by atoms with Crippen LogP contribution in [-0.2, 0) is 9.47 Å². The van der Waals surface area contributed by atoms with Gasteiger partial charge < -0.3 is 24.4 Å². The summed E-state index contributed by atoms with van der Waals surface area (Å²) >= 11 is 0. The van der Waals surface area contributed by atoms with Crippen LogP contribution in [0.3, 0.4) is 0 Å². The van der Waals surface area contributed by atoms with Crippen LogP contribution in [0.1, 0.15) is 12.8 Å². The lowest BCUT2D eigenvalue weighted by Gasteiger charge is -2.36. The highest BCUT2D eigenvalue weighted by Crippen LogP contribution is 2.20. The van der Waals surface area contributed by atoms with Crippen molar-refractivity contribution >= 4 is 11.7 Å². The minimum atomic E-state index is -0.0570. The number of hydrogen-bond donors (Lipinski definition) is 1. The number of benzene rings is 1. The normalized spacial score (nSPS) is 19.1. The number of anilines is 1. The molecule has 3 rings (SSSR count). The molecule has 0 aromatic heterocycles. The summed E-state index contributed by atoms with van der Waals surface area (Å²) in [6, 6.07) is 7.62. The number of nitrogens with one attached hydrogen (secondary N) is 1. The van der Waals surface area contributed by atoms with Crippen molar-refractivity contribution in [3.8, 4) is 5.75 Å². The smallest absolute Gasteiger partial charge is 0.322 e. The Hall–Kier alpha value is -1.83. The van der Waals surface area contributed by atoms with E-state index in [9.17, 15) is 4.79 Å². The van der Waals surface area contributed by atoms with Crippen LogP contribution < -0.4 is 10.1 Å². The molecule has 1 aromatic carbocycles. The van der Waals surface area contributed by atoms with Crippen molar-refractivity contribution in [2.45, 2.75) is 18.9 Å². The molecular weight excluding hydrogens is 334 g/mol. The molecule has 0 spiro atoms. The van der Waals surface area contributed by atoms with Crippen LogP contribution in [0.15, 0.2) is 24.3 Å². The summed E-state index contributed by atoms with van der Waals surface area (Å²) in [7, 11) is 1.62. The summed E-state index contributed by atoms with van der Waals surface area (Å²) in [5.41, 5.74) is 0.748. The number of hydrogen-bond acceptors (Lipinski definition) is 5. The molecule has 144 valence electrons. The number of carbonyl (C=O) groups excluding carboxylic acids is 1. The summed E-state index contributed by atoms with van der Waals surface area (Å²) < 4.78 is 16.1. The summed E-state index contributed by atoms with van der Waals surface area (Å²) in [5, 5.41) is 3.02. The van der Waals surface area contributed by atoms with Crippen molar-refractivity contribution in [3.63, 3.8) is 0 Å². The summed E-state index contributed by atoms with van der Waals surface area (Å²) in [4.78, 5) is 17.3. The first-order chi connectivity index (χ1) is 12.8. The lowest BCUT2D eigenvalue weighted by atomic mass is 10.1. The number of urea groups is 1. The Morgan fingerprint density at radius 2 is 1.96 bits per heavy atom. The van der Waals surface area contributed by atoms with E-state index >= 15 is 0 Å².